The fourth-order valence-corrected chi connectivity index (χ4v) is 2.48. The van der Waals surface area contributed by atoms with Gasteiger partial charge >= 0.3 is 0 Å². The summed E-state index contributed by atoms with van der Waals surface area (Å²) in [5.41, 5.74) is 2.62. The third kappa shape index (κ3) is 2.73. The van der Waals surface area contributed by atoms with Gasteiger partial charge in [-0.05, 0) is 43.5 Å². The second-order valence-electron chi connectivity index (χ2n) is 4.20. The molecule has 0 saturated carbocycles. The smallest absolute Gasteiger partial charge is 0.0653 e. The Hall–Kier alpha value is -0.770. The van der Waals surface area contributed by atoms with Crippen molar-refractivity contribution in [1.82, 2.24) is 15.5 Å². The molecule has 1 aliphatic heterocycles. The Labute approximate surface area is 113 Å². The molecule has 1 fully saturated rings. The number of aromatic amines is 1. The minimum atomic E-state index is 0. The summed E-state index contributed by atoms with van der Waals surface area (Å²) in [4.78, 5) is 0. The van der Waals surface area contributed by atoms with Crippen LogP contribution in [-0.4, -0.2) is 23.3 Å². The van der Waals surface area contributed by atoms with E-state index in [0.29, 0.717) is 5.92 Å². The first-order chi connectivity index (χ1) is 7.45. The Balaban J connectivity index is 0.000000722. The van der Waals surface area contributed by atoms with E-state index in [4.69, 9.17) is 0 Å². The van der Waals surface area contributed by atoms with Crippen LogP contribution in [-0.2, 0) is 0 Å². The zero-order chi connectivity index (χ0) is 10.1. The number of aromatic nitrogens is 2. The molecular formula is C12H17Cl2N3. The van der Waals surface area contributed by atoms with E-state index in [0.717, 1.165) is 18.6 Å². The molecule has 1 saturated heterocycles. The summed E-state index contributed by atoms with van der Waals surface area (Å²) in [5, 5.41) is 11.8. The Bertz CT molecular complexity index is 463. The molecule has 0 radical (unpaired) electrons. The van der Waals surface area contributed by atoms with Crippen LogP contribution in [0.1, 0.15) is 24.3 Å². The number of hydrogen-bond donors (Lipinski definition) is 2. The third-order valence-corrected chi connectivity index (χ3v) is 3.30. The van der Waals surface area contributed by atoms with Gasteiger partial charge in [0.15, 0.2) is 0 Å². The van der Waals surface area contributed by atoms with E-state index in [9.17, 15) is 0 Å². The van der Waals surface area contributed by atoms with Crippen molar-refractivity contribution >= 4 is 35.7 Å². The van der Waals surface area contributed by atoms with Crippen LogP contribution < -0.4 is 5.32 Å². The van der Waals surface area contributed by atoms with Crippen molar-refractivity contribution in [2.75, 3.05) is 13.1 Å². The van der Waals surface area contributed by atoms with E-state index < -0.39 is 0 Å². The summed E-state index contributed by atoms with van der Waals surface area (Å²) in [7, 11) is 0. The van der Waals surface area contributed by atoms with Gasteiger partial charge in [-0.25, -0.2) is 0 Å². The molecule has 3 rings (SSSR count). The number of fused-ring (bicyclic) bond motifs is 1. The summed E-state index contributed by atoms with van der Waals surface area (Å²) in [5.74, 6) is 0.701. The molecule has 94 valence electrons. The van der Waals surface area contributed by atoms with Gasteiger partial charge in [0, 0.05) is 5.39 Å². The van der Waals surface area contributed by atoms with E-state index in [1.165, 1.54) is 23.8 Å². The fraction of sp³-hybridized carbons (Fsp3) is 0.417. The van der Waals surface area contributed by atoms with Crippen LogP contribution in [0.25, 0.3) is 10.9 Å². The Morgan fingerprint density at radius 2 is 1.88 bits per heavy atom. The molecule has 0 unspecified atom stereocenters. The van der Waals surface area contributed by atoms with Gasteiger partial charge in [0.05, 0.1) is 11.7 Å². The predicted molar refractivity (Wildman–Crippen MR) is 75.4 cm³/mol. The van der Waals surface area contributed by atoms with Crippen molar-refractivity contribution in [1.29, 1.82) is 0 Å². The molecule has 2 aromatic rings. The molecule has 0 spiro atoms. The SMILES string of the molecule is Cl.Cl.c1cc(C2CCNCC2)c2cn[nH]c2c1. The first-order valence-corrected chi connectivity index (χ1v) is 5.58. The molecule has 2 N–H and O–H groups in total. The number of nitrogens with zero attached hydrogens (tertiary/aromatic N) is 1. The lowest BCUT2D eigenvalue weighted by atomic mass is 9.88. The number of benzene rings is 1. The van der Waals surface area contributed by atoms with Crippen molar-refractivity contribution in [3.8, 4) is 0 Å². The standard InChI is InChI=1S/C12H15N3.2ClH/c1-2-10(9-4-6-13-7-5-9)11-8-14-15-12(11)3-1;;/h1-3,8-9,13H,4-7H2,(H,14,15);2*1H. The van der Waals surface area contributed by atoms with Crippen LogP contribution in [0.2, 0.25) is 0 Å². The number of rotatable bonds is 1. The number of halogens is 2. The Morgan fingerprint density at radius 3 is 2.65 bits per heavy atom. The molecule has 0 amide bonds. The number of H-pyrrole nitrogens is 1. The molecule has 0 atom stereocenters. The zero-order valence-electron chi connectivity index (χ0n) is 9.48. The zero-order valence-corrected chi connectivity index (χ0v) is 11.1. The molecule has 1 aliphatic rings. The maximum absolute atomic E-state index is 4.12. The second kappa shape index (κ2) is 6.24. The molecule has 3 nitrogen and oxygen atoms in total. The molecular weight excluding hydrogens is 257 g/mol. The van der Waals surface area contributed by atoms with Crippen molar-refractivity contribution in [2.45, 2.75) is 18.8 Å². The molecule has 17 heavy (non-hydrogen) atoms. The van der Waals surface area contributed by atoms with Crippen LogP contribution in [0.15, 0.2) is 24.4 Å². The highest BCUT2D eigenvalue weighted by Crippen LogP contribution is 2.30. The van der Waals surface area contributed by atoms with Gasteiger partial charge in [-0.2, -0.15) is 5.10 Å². The van der Waals surface area contributed by atoms with E-state index in [2.05, 4.69) is 33.7 Å². The number of nitrogens with one attached hydrogen (secondary N) is 2. The minimum Gasteiger partial charge on any atom is -0.317 e. The normalized spacial score (nSPS) is 16.2. The minimum absolute atomic E-state index is 0. The van der Waals surface area contributed by atoms with E-state index >= 15 is 0 Å². The lowest BCUT2D eigenvalue weighted by molar-refractivity contribution is 0.462. The monoisotopic (exact) mass is 273 g/mol. The van der Waals surface area contributed by atoms with Crippen LogP contribution in [0.3, 0.4) is 0 Å². The van der Waals surface area contributed by atoms with E-state index in [1.807, 2.05) is 6.20 Å². The average Bonchev–Trinajstić information content (AvgIpc) is 2.78. The summed E-state index contributed by atoms with van der Waals surface area (Å²) in [6, 6.07) is 6.46. The largest absolute Gasteiger partial charge is 0.317 e. The lowest BCUT2D eigenvalue weighted by Gasteiger charge is -2.23. The fourth-order valence-electron chi connectivity index (χ4n) is 2.48. The molecule has 0 bridgehead atoms. The Morgan fingerprint density at radius 1 is 1.12 bits per heavy atom. The number of hydrogen-bond acceptors (Lipinski definition) is 2. The predicted octanol–water partition coefficient (Wildman–Crippen LogP) is 2.87. The lowest BCUT2D eigenvalue weighted by Crippen LogP contribution is -2.26. The van der Waals surface area contributed by atoms with Crippen molar-refractivity contribution in [2.24, 2.45) is 0 Å². The van der Waals surface area contributed by atoms with Crippen molar-refractivity contribution < 1.29 is 0 Å². The van der Waals surface area contributed by atoms with Gasteiger partial charge in [0.1, 0.15) is 0 Å². The van der Waals surface area contributed by atoms with Crippen molar-refractivity contribution in [3.05, 3.63) is 30.0 Å². The molecule has 1 aromatic carbocycles. The second-order valence-corrected chi connectivity index (χ2v) is 4.20. The average molecular weight is 274 g/mol. The topological polar surface area (TPSA) is 40.7 Å². The summed E-state index contributed by atoms with van der Waals surface area (Å²) >= 11 is 0. The van der Waals surface area contributed by atoms with Crippen LogP contribution >= 0.6 is 24.8 Å². The summed E-state index contributed by atoms with van der Waals surface area (Å²) in [6.07, 6.45) is 4.43. The van der Waals surface area contributed by atoms with Crippen molar-refractivity contribution in [3.63, 3.8) is 0 Å². The van der Waals surface area contributed by atoms with Crippen LogP contribution in [0, 0.1) is 0 Å². The molecule has 1 aromatic heterocycles. The third-order valence-electron chi connectivity index (χ3n) is 3.30. The quantitative estimate of drug-likeness (QED) is 0.839. The summed E-state index contributed by atoms with van der Waals surface area (Å²) in [6.45, 7) is 2.28. The van der Waals surface area contributed by atoms with Gasteiger partial charge < -0.3 is 5.32 Å². The summed E-state index contributed by atoms with van der Waals surface area (Å²) < 4.78 is 0. The highest BCUT2D eigenvalue weighted by Gasteiger charge is 2.17. The maximum atomic E-state index is 4.12. The first kappa shape index (κ1) is 14.3. The van der Waals surface area contributed by atoms with E-state index in [-0.39, 0.29) is 24.8 Å². The highest BCUT2D eigenvalue weighted by atomic mass is 35.5. The van der Waals surface area contributed by atoms with Gasteiger partial charge in [-0.15, -0.1) is 24.8 Å². The Kier molecular flexibility index (Phi) is 5.25. The van der Waals surface area contributed by atoms with Gasteiger partial charge in [0.25, 0.3) is 0 Å². The van der Waals surface area contributed by atoms with Gasteiger partial charge in [-0.3, -0.25) is 5.10 Å². The van der Waals surface area contributed by atoms with Crippen LogP contribution in [0.5, 0.6) is 0 Å². The highest BCUT2D eigenvalue weighted by molar-refractivity contribution is 5.85. The molecule has 5 heteroatoms. The first-order valence-electron chi connectivity index (χ1n) is 5.58. The van der Waals surface area contributed by atoms with Gasteiger partial charge in [0.2, 0.25) is 0 Å². The molecule has 0 aliphatic carbocycles. The maximum Gasteiger partial charge on any atom is 0.0653 e. The van der Waals surface area contributed by atoms with Crippen LogP contribution in [0.4, 0.5) is 0 Å². The molecule has 2 heterocycles. The van der Waals surface area contributed by atoms with E-state index in [1.54, 1.807) is 0 Å². The van der Waals surface area contributed by atoms with Gasteiger partial charge in [-0.1, -0.05) is 12.1 Å². The number of piperidine rings is 1.